The van der Waals surface area contributed by atoms with Crippen LogP contribution in [0.25, 0.3) is 0 Å². The third kappa shape index (κ3) is 3.24. The fraction of sp³-hybridized carbons (Fsp3) is 0.250. The topological polar surface area (TPSA) is 54.4 Å². The lowest BCUT2D eigenvalue weighted by Gasteiger charge is -2.03. The summed E-state index contributed by atoms with van der Waals surface area (Å²) in [5, 5.41) is 9.05. The Labute approximate surface area is 81.4 Å². The van der Waals surface area contributed by atoms with E-state index in [9.17, 15) is 8.42 Å². The number of hydrogen-bond donors (Lipinski definition) is 1. The summed E-state index contributed by atoms with van der Waals surface area (Å²) < 4.78 is 21.5. The van der Waals surface area contributed by atoms with Gasteiger partial charge in [0.2, 0.25) is 9.05 Å². The number of aryl methyl sites for hydroxylation is 1. The van der Waals surface area contributed by atoms with Crippen molar-refractivity contribution in [2.24, 2.45) is 0 Å². The van der Waals surface area contributed by atoms with Gasteiger partial charge in [0.15, 0.2) is 0 Å². The summed E-state index contributed by atoms with van der Waals surface area (Å²) in [5.41, 5.74) is 1.32. The van der Waals surface area contributed by atoms with Gasteiger partial charge in [0.25, 0.3) is 0 Å². The molecule has 0 spiro atoms. The van der Waals surface area contributed by atoms with Crippen molar-refractivity contribution >= 4 is 19.7 Å². The predicted molar refractivity (Wildman–Crippen MR) is 51.3 cm³/mol. The van der Waals surface area contributed by atoms with E-state index in [2.05, 4.69) is 0 Å². The van der Waals surface area contributed by atoms with Gasteiger partial charge < -0.3 is 5.11 Å². The third-order valence-electron chi connectivity index (χ3n) is 1.65. The Balaban J connectivity index is 3.04. The van der Waals surface area contributed by atoms with E-state index in [1.54, 1.807) is 13.0 Å². The smallest absolute Gasteiger partial charge is 0.236 e. The maximum atomic E-state index is 10.7. The second-order valence-electron chi connectivity index (χ2n) is 2.79. The van der Waals surface area contributed by atoms with Gasteiger partial charge in [-0.3, -0.25) is 0 Å². The molecule has 0 unspecified atom stereocenters. The highest BCUT2D eigenvalue weighted by Crippen LogP contribution is 2.18. The van der Waals surface area contributed by atoms with Crippen LogP contribution in [0.3, 0.4) is 0 Å². The number of rotatable bonds is 2. The molecule has 1 aromatic carbocycles. The van der Waals surface area contributed by atoms with E-state index in [4.69, 9.17) is 15.8 Å². The molecule has 1 rings (SSSR count). The summed E-state index contributed by atoms with van der Waals surface area (Å²) in [6.45, 7) is 1.72. The van der Waals surface area contributed by atoms with Crippen LogP contribution in [-0.2, 0) is 14.8 Å². The quantitative estimate of drug-likeness (QED) is 0.773. The maximum absolute atomic E-state index is 10.7. The summed E-state index contributed by atoms with van der Waals surface area (Å²) in [5.74, 6) is -0.0889. The first-order chi connectivity index (χ1) is 5.88. The van der Waals surface area contributed by atoms with Crippen molar-refractivity contribution in [3.8, 4) is 5.75 Å². The summed E-state index contributed by atoms with van der Waals surface area (Å²) in [6.07, 6.45) is 0. The number of benzene rings is 1. The molecule has 1 aromatic rings. The zero-order valence-electron chi connectivity index (χ0n) is 6.99. The zero-order chi connectivity index (χ0) is 10.1. The molecular weight excluding hydrogens is 212 g/mol. The minimum Gasteiger partial charge on any atom is -0.508 e. The Kier molecular flexibility index (Phi) is 2.83. The Morgan fingerprint density at radius 1 is 1.46 bits per heavy atom. The molecule has 0 aliphatic carbocycles. The average molecular weight is 221 g/mol. The van der Waals surface area contributed by atoms with Gasteiger partial charge in [-0.1, -0.05) is 6.07 Å². The van der Waals surface area contributed by atoms with Gasteiger partial charge in [-0.05, 0) is 30.2 Å². The van der Waals surface area contributed by atoms with E-state index >= 15 is 0 Å². The average Bonchev–Trinajstić information content (AvgIpc) is 1.93. The first kappa shape index (κ1) is 10.3. The Morgan fingerprint density at radius 3 is 2.54 bits per heavy atom. The van der Waals surface area contributed by atoms with Crippen LogP contribution >= 0.6 is 10.7 Å². The molecule has 0 fully saturated rings. The van der Waals surface area contributed by atoms with Crippen molar-refractivity contribution in [2.75, 3.05) is 0 Å². The Hall–Kier alpha value is -0.740. The zero-order valence-corrected chi connectivity index (χ0v) is 8.56. The summed E-state index contributed by atoms with van der Waals surface area (Å²) in [7, 11) is 1.57. The second kappa shape index (κ2) is 3.55. The molecule has 72 valence electrons. The molecule has 0 amide bonds. The normalized spacial score (nSPS) is 11.5. The van der Waals surface area contributed by atoms with E-state index in [1.165, 1.54) is 12.1 Å². The first-order valence-electron chi connectivity index (χ1n) is 3.59. The van der Waals surface area contributed by atoms with Gasteiger partial charge in [-0.25, -0.2) is 8.42 Å². The monoisotopic (exact) mass is 220 g/mol. The SMILES string of the molecule is Cc1cc(O)ccc1CS(=O)(=O)Cl. The lowest BCUT2D eigenvalue weighted by molar-refractivity contribution is 0.474. The van der Waals surface area contributed by atoms with Crippen LogP contribution in [0.4, 0.5) is 0 Å². The molecule has 1 N–H and O–H groups in total. The molecule has 0 atom stereocenters. The number of phenolic OH excluding ortho intramolecular Hbond substituents is 1. The minimum atomic E-state index is -3.52. The molecule has 0 radical (unpaired) electrons. The molecule has 3 nitrogen and oxygen atoms in total. The predicted octanol–water partition coefficient (Wildman–Crippen LogP) is 1.77. The third-order valence-corrected chi connectivity index (χ3v) is 2.64. The van der Waals surface area contributed by atoms with Gasteiger partial charge in [0.1, 0.15) is 5.75 Å². The number of aromatic hydroxyl groups is 1. The molecule has 0 aliphatic rings. The number of halogens is 1. The molecule has 0 saturated carbocycles. The largest absolute Gasteiger partial charge is 0.508 e. The van der Waals surface area contributed by atoms with Gasteiger partial charge in [0.05, 0.1) is 5.75 Å². The van der Waals surface area contributed by atoms with Crippen LogP contribution in [0.2, 0.25) is 0 Å². The highest BCUT2D eigenvalue weighted by atomic mass is 35.7. The van der Waals surface area contributed by atoms with E-state index in [-0.39, 0.29) is 11.5 Å². The highest BCUT2D eigenvalue weighted by Gasteiger charge is 2.09. The lowest BCUT2D eigenvalue weighted by Crippen LogP contribution is -1.97. The van der Waals surface area contributed by atoms with Crippen molar-refractivity contribution < 1.29 is 13.5 Å². The van der Waals surface area contributed by atoms with Crippen molar-refractivity contribution in [3.63, 3.8) is 0 Å². The van der Waals surface area contributed by atoms with Crippen molar-refractivity contribution in [3.05, 3.63) is 29.3 Å². The Bertz CT molecular complexity index is 411. The maximum Gasteiger partial charge on any atom is 0.236 e. The van der Waals surface area contributed by atoms with E-state index in [0.29, 0.717) is 11.1 Å². The first-order valence-corrected chi connectivity index (χ1v) is 6.07. The number of hydrogen-bond acceptors (Lipinski definition) is 3. The lowest BCUT2D eigenvalue weighted by atomic mass is 10.1. The fourth-order valence-electron chi connectivity index (χ4n) is 1.03. The van der Waals surface area contributed by atoms with Crippen LogP contribution in [-0.4, -0.2) is 13.5 Å². The van der Waals surface area contributed by atoms with Crippen LogP contribution in [0.5, 0.6) is 5.75 Å². The molecule has 13 heavy (non-hydrogen) atoms. The van der Waals surface area contributed by atoms with E-state index in [0.717, 1.165) is 0 Å². The summed E-state index contributed by atoms with van der Waals surface area (Å²) >= 11 is 0. The minimum absolute atomic E-state index is 0.119. The van der Waals surface area contributed by atoms with Crippen LogP contribution in [0.1, 0.15) is 11.1 Å². The molecule has 0 aromatic heterocycles. The van der Waals surface area contributed by atoms with E-state index < -0.39 is 9.05 Å². The standard InChI is InChI=1S/C8H9ClO3S/c1-6-4-8(10)3-2-7(6)5-13(9,11)12/h2-4,10H,5H2,1H3. The molecule has 0 saturated heterocycles. The molecule has 0 aliphatic heterocycles. The molecular formula is C8H9ClO3S. The second-order valence-corrected chi connectivity index (χ2v) is 5.57. The van der Waals surface area contributed by atoms with Crippen molar-refractivity contribution in [2.45, 2.75) is 12.7 Å². The van der Waals surface area contributed by atoms with Crippen molar-refractivity contribution in [1.82, 2.24) is 0 Å². The van der Waals surface area contributed by atoms with Gasteiger partial charge in [-0.2, -0.15) is 0 Å². The van der Waals surface area contributed by atoms with Crippen LogP contribution in [0, 0.1) is 6.92 Å². The summed E-state index contributed by atoms with van der Waals surface area (Å²) in [4.78, 5) is 0. The van der Waals surface area contributed by atoms with Gasteiger partial charge in [-0.15, -0.1) is 0 Å². The van der Waals surface area contributed by atoms with Gasteiger partial charge >= 0.3 is 0 Å². The van der Waals surface area contributed by atoms with Crippen LogP contribution < -0.4 is 0 Å². The van der Waals surface area contributed by atoms with Crippen molar-refractivity contribution in [1.29, 1.82) is 0 Å². The van der Waals surface area contributed by atoms with Gasteiger partial charge in [0, 0.05) is 10.7 Å². The molecule has 0 bridgehead atoms. The van der Waals surface area contributed by atoms with E-state index in [1.807, 2.05) is 0 Å². The van der Waals surface area contributed by atoms with Crippen LogP contribution in [0.15, 0.2) is 18.2 Å². The summed E-state index contributed by atoms with van der Waals surface area (Å²) in [6, 6.07) is 4.48. The number of phenols is 1. The highest BCUT2D eigenvalue weighted by molar-refractivity contribution is 8.13. The Morgan fingerprint density at radius 2 is 2.08 bits per heavy atom. The fourth-order valence-corrected chi connectivity index (χ4v) is 2.08. The molecule has 0 heterocycles. The molecule has 5 heteroatoms.